The number of aryl methyl sites for hydroxylation is 1. The number of benzene rings is 1. The molecule has 2 aromatic heterocycles. The third-order valence-corrected chi connectivity index (χ3v) is 7.02. The molecular formula is C25H27N5O6. The summed E-state index contributed by atoms with van der Waals surface area (Å²) in [6, 6.07) is 8.86. The summed E-state index contributed by atoms with van der Waals surface area (Å²) in [6.07, 6.45) is 3.96. The van der Waals surface area contributed by atoms with Crippen LogP contribution in [0.2, 0.25) is 0 Å². The Morgan fingerprint density at radius 2 is 1.94 bits per heavy atom. The highest BCUT2D eigenvalue weighted by Gasteiger charge is 2.52. The fourth-order valence-corrected chi connectivity index (χ4v) is 4.88. The SMILES string of the molecule is CCC1CCC2(CC1)NC(=O)N(CC(=O)OCc1nnc(-c3c(-c4ccccc4)noc3C)o1)C2=O. The van der Waals surface area contributed by atoms with Crippen LogP contribution in [0.15, 0.2) is 39.3 Å². The van der Waals surface area contributed by atoms with Crippen LogP contribution < -0.4 is 5.32 Å². The molecule has 3 aromatic rings. The first kappa shape index (κ1) is 23.7. The molecule has 1 N–H and O–H groups in total. The minimum absolute atomic E-state index is 0.0597. The quantitative estimate of drug-likeness (QED) is 0.386. The monoisotopic (exact) mass is 493 g/mol. The lowest BCUT2D eigenvalue weighted by atomic mass is 9.75. The van der Waals surface area contributed by atoms with Crippen molar-refractivity contribution in [2.24, 2.45) is 5.92 Å². The van der Waals surface area contributed by atoms with E-state index in [0.717, 1.165) is 29.7 Å². The second-order valence-electron chi connectivity index (χ2n) is 9.25. The number of carbonyl (C=O) groups is 3. The number of hydrogen-bond donors (Lipinski definition) is 1. The number of imide groups is 1. The molecule has 11 heteroatoms. The summed E-state index contributed by atoms with van der Waals surface area (Å²) < 4.78 is 16.2. The van der Waals surface area contributed by atoms with Gasteiger partial charge in [0.05, 0.1) is 0 Å². The van der Waals surface area contributed by atoms with Crippen LogP contribution in [0.4, 0.5) is 4.79 Å². The van der Waals surface area contributed by atoms with Crippen LogP contribution in [0.25, 0.3) is 22.7 Å². The number of aromatic nitrogens is 3. The molecule has 3 heterocycles. The highest BCUT2D eigenvalue weighted by atomic mass is 16.5. The van der Waals surface area contributed by atoms with E-state index in [9.17, 15) is 14.4 Å². The topological polar surface area (TPSA) is 141 Å². The molecule has 2 fully saturated rings. The van der Waals surface area contributed by atoms with Gasteiger partial charge in [-0.15, -0.1) is 10.2 Å². The lowest BCUT2D eigenvalue weighted by molar-refractivity contribution is -0.149. The van der Waals surface area contributed by atoms with Gasteiger partial charge in [0.2, 0.25) is 0 Å². The highest BCUT2D eigenvalue weighted by molar-refractivity contribution is 6.08. The third kappa shape index (κ3) is 4.36. The van der Waals surface area contributed by atoms with E-state index in [2.05, 4.69) is 27.6 Å². The molecule has 1 aliphatic carbocycles. The summed E-state index contributed by atoms with van der Waals surface area (Å²) in [5.74, 6) is 0.187. The Kier molecular flexibility index (Phi) is 6.29. The average Bonchev–Trinajstić information content (AvgIpc) is 3.57. The molecule has 1 saturated heterocycles. The average molecular weight is 494 g/mol. The van der Waals surface area contributed by atoms with Gasteiger partial charge in [-0.3, -0.25) is 14.5 Å². The fourth-order valence-electron chi connectivity index (χ4n) is 4.88. The minimum atomic E-state index is -0.905. The van der Waals surface area contributed by atoms with Crippen LogP contribution in [0.1, 0.15) is 50.7 Å². The summed E-state index contributed by atoms with van der Waals surface area (Å²) in [6.45, 7) is 3.08. The Bertz CT molecular complexity index is 1280. The first-order chi connectivity index (χ1) is 17.4. The van der Waals surface area contributed by atoms with E-state index in [1.807, 2.05) is 30.3 Å². The van der Waals surface area contributed by atoms with Crippen molar-refractivity contribution in [3.05, 3.63) is 42.0 Å². The molecule has 5 rings (SSSR count). The molecule has 11 nitrogen and oxygen atoms in total. The number of ether oxygens (including phenoxy) is 1. The maximum absolute atomic E-state index is 13.0. The van der Waals surface area contributed by atoms with Crippen molar-refractivity contribution in [1.82, 2.24) is 25.6 Å². The maximum Gasteiger partial charge on any atom is 0.326 e. The van der Waals surface area contributed by atoms with E-state index in [1.165, 1.54) is 0 Å². The number of carbonyl (C=O) groups excluding carboxylic acids is 3. The zero-order chi connectivity index (χ0) is 25.3. The first-order valence-electron chi connectivity index (χ1n) is 12.0. The smallest absolute Gasteiger partial charge is 0.326 e. The van der Waals surface area contributed by atoms with Gasteiger partial charge in [-0.2, -0.15) is 0 Å². The molecule has 36 heavy (non-hydrogen) atoms. The van der Waals surface area contributed by atoms with Gasteiger partial charge in [-0.25, -0.2) is 4.79 Å². The maximum atomic E-state index is 13.0. The largest absolute Gasteiger partial charge is 0.454 e. The Hall–Kier alpha value is -4.02. The molecule has 1 aliphatic heterocycles. The van der Waals surface area contributed by atoms with Crippen molar-refractivity contribution >= 4 is 17.9 Å². The van der Waals surface area contributed by atoms with Gasteiger partial charge < -0.3 is 19.0 Å². The summed E-state index contributed by atoms with van der Waals surface area (Å²) >= 11 is 0. The molecule has 0 bridgehead atoms. The van der Waals surface area contributed by atoms with Gasteiger partial charge in [0.15, 0.2) is 6.61 Å². The van der Waals surface area contributed by atoms with E-state index in [0.29, 0.717) is 35.8 Å². The van der Waals surface area contributed by atoms with Crippen LogP contribution >= 0.6 is 0 Å². The Morgan fingerprint density at radius 1 is 1.19 bits per heavy atom. The van der Waals surface area contributed by atoms with Crippen molar-refractivity contribution in [1.29, 1.82) is 0 Å². The zero-order valence-corrected chi connectivity index (χ0v) is 20.2. The number of nitrogens with one attached hydrogen (secondary N) is 1. The molecule has 1 aromatic carbocycles. The molecule has 0 radical (unpaired) electrons. The van der Waals surface area contributed by atoms with Crippen molar-refractivity contribution in [2.45, 2.75) is 58.1 Å². The van der Waals surface area contributed by atoms with E-state index < -0.39 is 24.1 Å². The van der Waals surface area contributed by atoms with Gasteiger partial charge in [0, 0.05) is 5.56 Å². The molecular weight excluding hydrogens is 466 g/mol. The summed E-state index contributed by atoms with van der Waals surface area (Å²) in [4.78, 5) is 38.8. The highest BCUT2D eigenvalue weighted by Crippen LogP contribution is 2.37. The van der Waals surface area contributed by atoms with E-state index in [-0.39, 0.29) is 24.3 Å². The van der Waals surface area contributed by atoms with Crippen LogP contribution in [0, 0.1) is 12.8 Å². The lowest BCUT2D eigenvalue weighted by Crippen LogP contribution is -2.49. The van der Waals surface area contributed by atoms with E-state index >= 15 is 0 Å². The van der Waals surface area contributed by atoms with Crippen molar-refractivity contribution in [3.8, 4) is 22.7 Å². The number of amides is 3. The first-order valence-corrected chi connectivity index (χ1v) is 12.0. The van der Waals surface area contributed by atoms with Gasteiger partial charge >= 0.3 is 12.0 Å². The number of hydrogen-bond acceptors (Lipinski definition) is 9. The van der Waals surface area contributed by atoms with Crippen molar-refractivity contribution in [3.63, 3.8) is 0 Å². The third-order valence-electron chi connectivity index (χ3n) is 7.02. The molecule has 0 unspecified atom stereocenters. The van der Waals surface area contributed by atoms with Gasteiger partial charge in [-0.1, -0.05) is 48.8 Å². The Balaban J connectivity index is 1.21. The van der Waals surface area contributed by atoms with Crippen LogP contribution in [0.5, 0.6) is 0 Å². The van der Waals surface area contributed by atoms with Gasteiger partial charge in [-0.05, 0) is 38.5 Å². The Labute approximate surface area is 207 Å². The predicted molar refractivity (Wildman–Crippen MR) is 125 cm³/mol. The van der Waals surface area contributed by atoms with Crippen molar-refractivity contribution < 1.29 is 28.1 Å². The molecule has 188 valence electrons. The van der Waals surface area contributed by atoms with Gasteiger partial charge in [0.25, 0.3) is 17.7 Å². The lowest BCUT2D eigenvalue weighted by Gasteiger charge is -2.34. The normalized spacial score (nSPS) is 21.7. The van der Waals surface area contributed by atoms with E-state index in [1.54, 1.807) is 6.92 Å². The molecule has 1 saturated carbocycles. The molecule has 0 atom stereocenters. The standard InChI is InChI=1S/C25H27N5O6/c1-3-16-9-11-25(12-10-16)23(32)30(24(33)26-25)13-19(31)34-14-18-27-28-22(35-18)20-15(2)36-29-21(20)17-7-5-4-6-8-17/h4-8,16H,3,9-14H2,1-2H3,(H,26,33). The number of esters is 1. The summed E-state index contributed by atoms with van der Waals surface area (Å²) in [7, 11) is 0. The number of nitrogens with zero attached hydrogens (tertiary/aromatic N) is 4. The second kappa shape index (κ2) is 9.56. The second-order valence-corrected chi connectivity index (χ2v) is 9.25. The van der Waals surface area contributed by atoms with Gasteiger partial charge in [0.1, 0.15) is 29.1 Å². The van der Waals surface area contributed by atoms with Crippen LogP contribution in [0.3, 0.4) is 0 Å². The zero-order valence-electron chi connectivity index (χ0n) is 20.2. The summed E-state index contributed by atoms with van der Waals surface area (Å²) in [5.41, 5.74) is 1.02. The fraction of sp³-hybridized carbons (Fsp3) is 0.440. The molecule has 3 amide bonds. The predicted octanol–water partition coefficient (Wildman–Crippen LogP) is 3.63. The number of rotatable bonds is 7. The molecule has 1 spiro atoms. The number of urea groups is 1. The van der Waals surface area contributed by atoms with Crippen LogP contribution in [-0.4, -0.2) is 50.2 Å². The summed E-state index contributed by atoms with van der Waals surface area (Å²) in [5, 5.41) is 14.9. The minimum Gasteiger partial charge on any atom is -0.454 e. The Morgan fingerprint density at radius 3 is 2.67 bits per heavy atom. The van der Waals surface area contributed by atoms with Crippen molar-refractivity contribution in [2.75, 3.05) is 6.54 Å². The molecule has 2 aliphatic rings. The van der Waals surface area contributed by atoms with Crippen LogP contribution in [-0.2, 0) is 20.9 Å². The van der Waals surface area contributed by atoms with E-state index in [4.69, 9.17) is 13.7 Å².